The zero-order valence-electron chi connectivity index (χ0n) is 6.42. The summed E-state index contributed by atoms with van der Waals surface area (Å²) in [6.07, 6.45) is -1.42. The van der Waals surface area contributed by atoms with Crippen molar-refractivity contribution in [2.75, 3.05) is 0 Å². The van der Waals surface area contributed by atoms with E-state index in [0.29, 0.717) is 5.56 Å². The molecule has 1 aromatic rings. The third-order valence-corrected chi connectivity index (χ3v) is 3.23. The summed E-state index contributed by atoms with van der Waals surface area (Å²) in [5, 5.41) is 17.8. The Bertz CT molecular complexity index is 299. The second-order valence-corrected chi connectivity index (χ2v) is 6.37. The highest BCUT2D eigenvalue weighted by Gasteiger charge is 2.10. The molecule has 2 nitrogen and oxygen atoms in total. The highest BCUT2D eigenvalue weighted by Crippen LogP contribution is 2.35. The third-order valence-electron chi connectivity index (χ3n) is 1.56. The lowest BCUT2D eigenvalue weighted by atomic mass is 10.1. The van der Waals surface area contributed by atoms with Crippen LogP contribution in [0, 0.1) is 0 Å². The predicted octanol–water partition coefficient (Wildman–Crippen LogP) is 3.22. The average molecular weight is 375 g/mol. The maximum Gasteiger partial charge on any atom is 0.178 e. The van der Waals surface area contributed by atoms with Gasteiger partial charge < -0.3 is 10.2 Å². The summed E-state index contributed by atoms with van der Waals surface area (Å²) in [5.74, 6) is 0. The van der Waals surface area contributed by atoms with Crippen LogP contribution in [0.25, 0.3) is 0 Å². The minimum atomic E-state index is -1.42. The number of rotatable bonds is 2. The Labute approximate surface area is 101 Å². The molecule has 1 aromatic carbocycles. The summed E-state index contributed by atoms with van der Waals surface area (Å²) in [6, 6.07) is 5.16. The standard InChI is InChI=1S/C8H7Br3O2/c9-6-3-4(8(12)13)1-2-5(6)7(10)11/h1-3,7-8,12-13H. The molecule has 72 valence electrons. The molecule has 0 saturated heterocycles. The van der Waals surface area contributed by atoms with E-state index in [9.17, 15) is 0 Å². The fourth-order valence-corrected chi connectivity index (χ4v) is 2.92. The van der Waals surface area contributed by atoms with Crippen molar-refractivity contribution < 1.29 is 10.2 Å². The Balaban J connectivity index is 3.06. The zero-order chi connectivity index (χ0) is 10.0. The first-order chi connectivity index (χ1) is 6.02. The minimum absolute atomic E-state index is 0.0549. The van der Waals surface area contributed by atoms with Crippen molar-refractivity contribution in [1.82, 2.24) is 0 Å². The van der Waals surface area contributed by atoms with E-state index in [1.807, 2.05) is 6.07 Å². The van der Waals surface area contributed by atoms with E-state index < -0.39 is 6.29 Å². The molecule has 0 saturated carbocycles. The first-order valence-corrected chi connectivity index (χ1v) is 6.08. The van der Waals surface area contributed by atoms with Gasteiger partial charge in [-0.2, -0.15) is 0 Å². The van der Waals surface area contributed by atoms with Gasteiger partial charge in [-0.05, 0) is 11.6 Å². The molecule has 0 atom stereocenters. The number of aliphatic hydroxyl groups is 2. The lowest BCUT2D eigenvalue weighted by Crippen LogP contribution is -1.95. The maximum absolute atomic E-state index is 8.89. The van der Waals surface area contributed by atoms with Crippen molar-refractivity contribution in [3.8, 4) is 0 Å². The van der Waals surface area contributed by atoms with Crippen LogP contribution in [-0.4, -0.2) is 10.2 Å². The van der Waals surface area contributed by atoms with Gasteiger partial charge in [0.1, 0.15) is 0 Å². The monoisotopic (exact) mass is 372 g/mol. The van der Waals surface area contributed by atoms with Gasteiger partial charge in [0.2, 0.25) is 0 Å². The molecule has 0 heterocycles. The fourth-order valence-electron chi connectivity index (χ4n) is 0.881. The maximum atomic E-state index is 8.89. The Morgan fingerprint density at radius 3 is 2.15 bits per heavy atom. The van der Waals surface area contributed by atoms with Crippen LogP contribution in [0.5, 0.6) is 0 Å². The summed E-state index contributed by atoms with van der Waals surface area (Å²) in [4.78, 5) is 0. The number of hydrogen-bond donors (Lipinski definition) is 2. The van der Waals surface area contributed by atoms with Crippen molar-refractivity contribution in [1.29, 1.82) is 0 Å². The lowest BCUT2D eigenvalue weighted by molar-refractivity contribution is -0.0425. The van der Waals surface area contributed by atoms with E-state index in [1.165, 1.54) is 0 Å². The number of alkyl halides is 2. The van der Waals surface area contributed by atoms with Gasteiger partial charge in [0.05, 0.1) is 3.74 Å². The SMILES string of the molecule is OC(O)c1ccc(C(Br)Br)c(Br)c1. The summed E-state index contributed by atoms with van der Waals surface area (Å²) >= 11 is 10.0. The molecule has 13 heavy (non-hydrogen) atoms. The van der Waals surface area contributed by atoms with Gasteiger partial charge in [0.15, 0.2) is 6.29 Å². The summed E-state index contributed by atoms with van der Waals surface area (Å²) in [5.41, 5.74) is 1.47. The molecule has 5 heteroatoms. The van der Waals surface area contributed by atoms with Crippen LogP contribution >= 0.6 is 47.8 Å². The van der Waals surface area contributed by atoms with Gasteiger partial charge in [-0.15, -0.1) is 0 Å². The molecule has 0 spiro atoms. The van der Waals surface area contributed by atoms with Crippen LogP contribution in [0.2, 0.25) is 0 Å². The van der Waals surface area contributed by atoms with E-state index in [2.05, 4.69) is 47.8 Å². The van der Waals surface area contributed by atoms with Crippen molar-refractivity contribution in [3.05, 3.63) is 33.8 Å². The molecule has 0 aliphatic heterocycles. The fraction of sp³-hybridized carbons (Fsp3) is 0.250. The van der Waals surface area contributed by atoms with Crippen LogP contribution in [0.3, 0.4) is 0 Å². The van der Waals surface area contributed by atoms with Crippen LogP contribution < -0.4 is 0 Å². The highest BCUT2D eigenvalue weighted by molar-refractivity contribution is 9.24. The average Bonchev–Trinajstić information content (AvgIpc) is 2.03. The summed E-state index contributed by atoms with van der Waals surface area (Å²) in [6.45, 7) is 0. The normalized spacial score (nSPS) is 11.3. The number of halogens is 3. The topological polar surface area (TPSA) is 40.5 Å². The van der Waals surface area contributed by atoms with Gasteiger partial charge in [0.25, 0.3) is 0 Å². The first-order valence-electron chi connectivity index (χ1n) is 3.46. The quantitative estimate of drug-likeness (QED) is 0.616. The van der Waals surface area contributed by atoms with Crippen LogP contribution in [0.15, 0.2) is 22.7 Å². The van der Waals surface area contributed by atoms with E-state index in [4.69, 9.17) is 10.2 Å². The molecule has 0 amide bonds. The van der Waals surface area contributed by atoms with Crippen LogP contribution in [0.1, 0.15) is 21.2 Å². The summed E-state index contributed by atoms with van der Waals surface area (Å²) in [7, 11) is 0. The molecule has 1 rings (SSSR count). The lowest BCUT2D eigenvalue weighted by Gasteiger charge is -2.09. The van der Waals surface area contributed by atoms with Crippen LogP contribution in [0.4, 0.5) is 0 Å². The van der Waals surface area contributed by atoms with Crippen molar-refractivity contribution in [2.45, 2.75) is 10.0 Å². The molecule has 0 aliphatic rings. The second-order valence-electron chi connectivity index (χ2n) is 2.46. The first kappa shape index (κ1) is 11.7. The molecule has 0 fully saturated rings. The molecule has 2 N–H and O–H groups in total. The largest absolute Gasteiger partial charge is 0.364 e. The van der Waals surface area contributed by atoms with E-state index >= 15 is 0 Å². The molecule has 0 radical (unpaired) electrons. The van der Waals surface area contributed by atoms with E-state index in [1.54, 1.807) is 12.1 Å². The van der Waals surface area contributed by atoms with Gasteiger partial charge in [-0.1, -0.05) is 59.9 Å². The number of hydrogen-bond acceptors (Lipinski definition) is 2. The van der Waals surface area contributed by atoms with Crippen molar-refractivity contribution >= 4 is 47.8 Å². The zero-order valence-corrected chi connectivity index (χ0v) is 11.2. The molecular formula is C8H7Br3O2. The Morgan fingerprint density at radius 1 is 1.15 bits per heavy atom. The van der Waals surface area contributed by atoms with Gasteiger partial charge >= 0.3 is 0 Å². The Kier molecular flexibility index (Phi) is 4.38. The number of aliphatic hydroxyl groups excluding tert-OH is 1. The van der Waals surface area contributed by atoms with Gasteiger partial charge in [0, 0.05) is 10.0 Å². The summed E-state index contributed by atoms with van der Waals surface area (Å²) < 4.78 is 0.885. The Morgan fingerprint density at radius 2 is 1.77 bits per heavy atom. The molecule has 0 aromatic heterocycles. The van der Waals surface area contributed by atoms with Gasteiger partial charge in [-0.3, -0.25) is 0 Å². The van der Waals surface area contributed by atoms with Crippen molar-refractivity contribution in [3.63, 3.8) is 0 Å². The van der Waals surface area contributed by atoms with Crippen molar-refractivity contribution in [2.24, 2.45) is 0 Å². The Hall–Kier alpha value is 0.580. The molecule has 0 aliphatic carbocycles. The minimum Gasteiger partial charge on any atom is -0.364 e. The van der Waals surface area contributed by atoms with Gasteiger partial charge in [-0.25, -0.2) is 0 Å². The molecule has 0 unspecified atom stereocenters. The smallest absolute Gasteiger partial charge is 0.178 e. The van der Waals surface area contributed by atoms with E-state index in [-0.39, 0.29) is 3.74 Å². The highest BCUT2D eigenvalue weighted by atomic mass is 79.9. The predicted molar refractivity (Wildman–Crippen MR) is 61.9 cm³/mol. The molecular weight excluding hydrogens is 368 g/mol. The van der Waals surface area contributed by atoms with E-state index in [0.717, 1.165) is 10.0 Å². The molecule has 0 bridgehead atoms. The third kappa shape index (κ3) is 3.02. The number of benzene rings is 1. The van der Waals surface area contributed by atoms with Crippen LogP contribution in [-0.2, 0) is 0 Å². The second kappa shape index (κ2) is 4.89.